The highest BCUT2D eigenvalue weighted by atomic mass is 32.2. The number of hydrogen-bond donors (Lipinski definition) is 2. The van der Waals surface area contributed by atoms with Gasteiger partial charge in [-0.15, -0.1) is 35.7 Å². The van der Waals surface area contributed by atoms with Gasteiger partial charge in [-0.25, -0.2) is 0 Å². The van der Waals surface area contributed by atoms with E-state index in [2.05, 4.69) is 18.7 Å². The second-order valence-electron chi connectivity index (χ2n) is 2.94. The predicted molar refractivity (Wildman–Crippen MR) is 66.8 cm³/mol. The Labute approximate surface area is 96.6 Å². The van der Waals surface area contributed by atoms with Gasteiger partial charge < -0.3 is 5.11 Å². The predicted octanol–water partition coefficient (Wildman–Crippen LogP) is 3.40. The molecule has 0 aliphatic heterocycles. The van der Waals surface area contributed by atoms with Crippen molar-refractivity contribution in [3.8, 4) is 0 Å². The van der Waals surface area contributed by atoms with E-state index in [1.54, 1.807) is 23.1 Å². The van der Waals surface area contributed by atoms with Gasteiger partial charge in [0.15, 0.2) is 0 Å². The highest BCUT2D eigenvalue weighted by Gasteiger charge is 2.05. The molecule has 0 atom stereocenters. The molecular weight excluding hydrogens is 232 g/mol. The van der Waals surface area contributed by atoms with Crippen LogP contribution in [-0.4, -0.2) is 11.4 Å². The third kappa shape index (κ3) is 1.80. The third-order valence-electron chi connectivity index (χ3n) is 2.08. The molecule has 0 aliphatic carbocycles. The van der Waals surface area contributed by atoms with Crippen molar-refractivity contribution in [2.45, 2.75) is 15.7 Å². The van der Waals surface area contributed by atoms with Crippen LogP contribution >= 0.6 is 35.7 Å². The molecule has 0 radical (unpaired) electrons. The lowest BCUT2D eigenvalue weighted by atomic mass is 10.2. The number of rotatable bonds is 2. The quantitative estimate of drug-likeness (QED) is 0.622. The second-order valence-corrected chi connectivity index (χ2v) is 5.66. The summed E-state index contributed by atoms with van der Waals surface area (Å²) in [6.07, 6.45) is 2.02. The van der Waals surface area contributed by atoms with Crippen molar-refractivity contribution in [2.75, 3.05) is 6.26 Å². The van der Waals surface area contributed by atoms with E-state index in [0.717, 1.165) is 14.7 Å². The summed E-state index contributed by atoms with van der Waals surface area (Å²) in [5, 5.41) is 10.4. The molecule has 0 saturated heterocycles. The van der Waals surface area contributed by atoms with Crippen LogP contribution in [0.1, 0.15) is 5.56 Å². The maximum atomic E-state index is 9.19. The molecule has 1 aromatic heterocycles. The molecule has 0 bridgehead atoms. The van der Waals surface area contributed by atoms with Gasteiger partial charge in [0, 0.05) is 9.60 Å². The van der Waals surface area contributed by atoms with Gasteiger partial charge in [-0.2, -0.15) is 0 Å². The summed E-state index contributed by atoms with van der Waals surface area (Å²) in [5.74, 6) is 0. The lowest BCUT2D eigenvalue weighted by Gasteiger charge is -2.03. The molecule has 1 nitrogen and oxygen atoms in total. The van der Waals surface area contributed by atoms with Gasteiger partial charge in [0.1, 0.15) is 0 Å². The number of aliphatic hydroxyl groups is 1. The zero-order valence-electron chi connectivity index (χ0n) is 7.65. The van der Waals surface area contributed by atoms with Gasteiger partial charge >= 0.3 is 0 Å². The average molecular weight is 242 g/mol. The molecular formula is C10H10OS3. The fourth-order valence-electron chi connectivity index (χ4n) is 1.41. The van der Waals surface area contributed by atoms with E-state index in [1.165, 1.54) is 10.1 Å². The molecule has 2 rings (SSSR count). The number of aliphatic hydroxyl groups excluding tert-OH is 1. The highest BCUT2D eigenvalue weighted by molar-refractivity contribution is 7.98. The summed E-state index contributed by atoms with van der Waals surface area (Å²) in [6.45, 7) is 0.101. The first-order valence-electron chi connectivity index (χ1n) is 4.15. The number of hydrogen-bond acceptors (Lipinski definition) is 4. The van der Waals surface area contributed by atoms with E-state index in [0.29, 0.717) is 0 Å². The third-order valence-corrected chi connectivity index (χ3v) is 4.20. The smallest absolute Gasteiger partial charge is 0.0692 e. The average Bonchev–Trinajstić information content (AvgIpc) is 2.54. The Balaban J connectivity index is 2.68. The van der Waals surface area contributed by atoms with E-state index in [9.17, 15) is 5.11 Å². The number of fused-ring (bicyclic) bond motifs is 1. The van der Waals surface area contributed by atoms with E-state index < -0.39 is 0 Å². The van der Waals surface area contributed by atoms with Crippen LogP contribution in [0.5, 0.6) is 0 Å². The Hall–Kier alpha value is -0.160. The first kappa shape index (κ1) is 10.4. The molecule has 0 fully saturated rings. The Morgan fingerprint density at radius 3 is 2.86 bits per heavy atom. The van der Waals surface area contributed by atoms with Crippen LogP contribution in [0, 0.1) is 0 Å². The zero-order valence-corrected chi connectivity index (χ0v) is 10.2. The molecule has 1 aromatic carbocycles. The molecule has 0 aliphatic rings. The Morgan fingerprint density at radius 1 is 1.43 bits per heavy atom. The van der Waals surface area contributed by atoms with Crippen molar-refractivity contribution in [3.05, 3.63) is 23.8 Å². The molecule has 74 valence electrons. The second kappa shape index (κ2) is 4.14. The molecule has 1 N–H and O–H groups in total. The number of thioether (sulfide) groups is 1. The van der Waals surface area contributed by atoms with Crippen molar-refractivity contribution in [3.63, 3.8) is 0 Å². The molecule has 2 aromatic rings. The standard InChI is InChI=1S/C10H10OS3/c1-13-8-4-9-6(2-7(8)5-11)3-10(12)14-9/h2-4,11-12H,5H2,1H3. The molecule has 4 heteroatoms. The van der Waals surface area contributed by atoms with Gasteiger partial charge in [-0.1, -0.05) is 0 Å². The normalized spacial score (nSPS) is 11.1. The van der Waals surface area contributed by atoms with Crippen LogP contribution in [0.2, 0.25) is 0 Å². The van der Waals surface area contributed by atoms with Gasteiger partial charge in [-0.05, 0) is 35.4 Å². The molecule has 0 saturated carbocycles. The van der Waals surface area contributed by atoms with Gasteiger partial charge in [0.2, 0.25) is 0 Å². The van der Waals surface area contributed by atoms with Gasteiger partial charge in [0.05, 0.1) is 10.8 Å². The lowest BCUT2D eigenvalue weighted by Crippen LogP contribution is -1.85. The Morgan fingerprint density at radius 2 is 2.21 bits per heavy atom. The molecule has 14 heavy (non-hydrogen) atoms. The Kier molecular flexibility index (Phi) is 3.07. The van der Waals surface area contributed by atoms with E-state index >= 15 is 0 Å². The van der Waals surface area contributed by atoms with Crippen LogP contribution in [0.3, 0.4) is 0 Å². The summed E-state index contributed by atoms with van der Waals surface area (Å²) in [6, 6.07) is 6.19. The summed E-state index contributed by atoms with van der Waals surface area (Å²) in [5.41, 5.74) is 0.996. The molecule has 0 unspecified atom stereocenters. The van der Waals surface area contributed by atoms with E-state index in [-0.39, 0.29) is 6.61 Å². The first-order chi connectivity index (χ1) is 6.74. The Bertz CT molecular complexity index is 421. The summed E-state index contributed by atoms with van der Waals surface area (Å²) in [4.78, 5) is 1.15. The van der Waals surface area contributed by atoms with Crippen LogP contribution < -0.4 is 0 Å². The monoisotopic (exact) mass is 242 g/mol. The molecule has 1 heterocycles. The largest absolute Gasteiger partial charge is 0.392 e. The first-order valence-corrected chi connectivity index (χ1v) is 6.63. The molecule has 0 amide bonds. The van der Waals surface area contributed by atoms with Crippen molar-refractivity contribution in [2.24, 2.45) is 0 Å². The van der Waals surface area contributed by atoms with Crippen molar-refractivity contribution >= 4 is 45.8 Å². The van der Waals surface area contributed by atoms with Crippen LogP contribution in [0.4, 0.5) is 0 Å². The number of thiophene rings is 1. The lowest BCUT2D eigenvalue weighted by molar-refractivity contribution is 0.279. The van der Waals surface area contributed by atoms with Gasteiger partial charge in [-0.3, -0.25) is 0 Å². The van der Waals surface area contributed by atoms with Crippen LogP contribution in [-0.2, 0) is 6.61 Å². The minimum Gasteiger partial charge on any atom is -0.392 e. The fraction of sp³-hybridized carbons (Fsp3) is 0.200. The van der Waals surface area contributed by atoms with Crippen LogP contribution in [0.25, 0.3) is 10.1 Å². The van der Waals surface area contributed by atoms with Crippen LogP contribution in [0.15, 0.2) is 27.3 Å². The topological polar surface area (TPSA) is 20.2 Å². The highest BCUT2D eigenvalue weighted by Crippen LogP contribution is 2.33. The summed E-state index contributed by atoms with van der Waals surface area (Å²) >= 11 is 7.65. The maximum absolute atomic E-state index is 9.19. The van der Waals surface area contributed by atoms with Crippen molar-refractivity contribution < 1.29 is 5.11 Å². The minimum atomic E-state index is 0.101. The summed E-state index contributed by atoms with van der Waals surface area (Å²) < 4.78 is 2.25. The minimum absolute atomic E-state index is 0.101. The van der Waals surface area contributed by atoms with Crippen molar-refractivity contribution in [1.82, 2.24) is 0 Å². The zero-order chi connectivity index (χ0) is 10.1. The summed E-state index contributed by atoms with van der Waals surface area (Å²) in [7, 11) is 0. The van der Waals surface area contributed by atoms with E-state index in [1.807, 2.05) is 18.4 Å². The number of benzene rings is 1. The fourth-order valence-corrected chi connectivity index (χ4v) is 3.37. The molecule has 0 spiro atoms. The van der Waals surface area contributed by atoms with Crippen molar-refractivity contribution in [1.29, 1.82) is 0 Å². The van der Waals surface area contributed by atoms with Gasteiger partial charge in [0.25, 0.3) is 0 Å². The van der Waals surface area contributed by atoms with E-state index in [4.69, 9.17) is 0 Å². The SMILES string of the molecule is CSc1cc2sc(S)cc2cc1CO. The number of thiol groups is 1. The maximum Gasteiger partial charge on any atom is 0.0692 e.